The van der Waals surface area contributed by atoms with Crippen molar-refractivity contribution in [3.05, 3.63) is 46.2 Å². The first kappa shape index (κ1) is 12.8. The van der Waals surface area contributed by atoms with Gasteiger partial charge in [-0.05, 0) is 30.5 Å². The van der Waals surface area contributed by atoms with Crippen molar-refractivity contribution in [3.8, 4) is 0 Å². The fourth-order valence-electron chi connectivity index (χ4n) is 2.60. The maximum absolute atomic E-state index is 10.5. The SMILES string of the molecule is OC1(c2cnn(Cc3cccc(Br)c3)n2)CCCC1. The largest absolute Gasteiger partial charge is 0.383 e. The van der Waals surface area contributed by atoms with Crippen LogP contribution in [-0.4, -0.2) is 20.1 Å². The van der Waals surface area contributed by atoms with Crippen LogP contribution in [0.5, 0.6) is 0 Å². The number of halogens is 1. The van der Waals surface area contributed by atoms with Crippen LogP contribution in [0.1, 0.15) is 36.9 Å². The van der Waals surface area contributed by atoms with E-state index in [1.807, 2.05) is 24.3 Å². The minimum absolute atomic E-state index is 0.621. The zero-order chi connectivity index (χ0) is 13.3. The van der Waals surface area contributed by atoms with Crippen molar-refractivity contribution < 1.29 is 5.11 Å². The standard InChI is InChI=1S/C14H16BrN3O/c15-12-5-3-4-11(8-12)10-18-16-9-13(17-18)14(19)6-1-2-7-14/h3-5,8-9,19H,1-2,6-7,10H2. The summed E-state index contributed by atoms with van der Waals surface area (Å²) in [5.74, 6) is 0. The molecular weight excluding hydrogens is 306 g/mol. The molecule has 5 heteroatoms. The smallest absolute Gasteiger partial charge is 0.114 e. The Kier molecular flexibility index (Phi) is 3.41. The molecule has 19 heavy (non-hydrogen) atoms. The normalized spacial score (nSPS) is 17.8. The van der Waals surface area contributed by atoms with Crippen LogP contribution >= 0.6 is 15.9 Å². The Balaban J connectivity index is 1.78. The second kappa shape index (κ2) is 5.06. The molecule has 1 saturated carbocycles. The fraction of sp³-hybridized carbons (Fsp3) is 0.429. The third kappa shape index (κ3) is 2.72. The van der Waals surface area contributed by atoms with Crippen molar-refractivity contribution in [2.75, 3.05) is 0 Å². The molecule has 0 radical (unpaired) electrons. The Bertz CT molecular complexity index is 576. The van der Waals surface area contributed by atoms with Crippen molar-refractivity contribution in [3.63, 3.8) is 0 Å². The highest BCUT2D eigenvalue weighted by atomic mass is 79.9. The first-order chi connectivity index (χ1) is 9.16. The van der Waals surface area contributed by atoms with Crippen LogP contribution in [0, 0.1) is 0 Å². The lowest BCUT2D eigenvalue weighted by atomic mass is 9.99. The molecule has 0 atom stereocenters. The van der Waals surface area contributed by atoms with Crippen LogP contribution in [0.15, 0.2) is 34.9 Å². The summed E-state index contributed by atoms with van der Waals surface area (Å²) < 4.78 is 1.05. The highest BCUT2D eigenvalue weighted by Crippen LogP contribution is 2.37. The van der Waals surface area contributed by atoms with E-state index in [0.717, 1.165) is 35.7 Å². The van der Waals surface area contributed by atoms with E-state index < -0.39 is 5.60 Å². The van der Waals surface area contributed by atoms with Crippen molar-refractivity contribution in [2.45, 2.75) is 37.8 Å². The van der Waals surface area contributed by atoms with Gasteiger partial charge in [0.05, 0.1) is 12.7 Å². The fourth-order valence-corrected chi connectivity index (χ4v) is 3.05. The molecule has 1 aliphatic rings. The van der Waals surface area contributed by atoms with Gasteiger partial charge in [0.15, 0.2) is 0 Å². The van der Waals surface area contributed by atoms with E-state index in [-0.39, 0.29) is 0 Å². The van der Waals surface area contributed by atoms with E-state index in [9.17, 15) is 5.11 Å². The van der Waals surface area contributed by atoms with E-state index in [2.05, 4.69) is 26.1 Å². The first-order valence-corrected chi connectivity index (χ1v) is 7.32. The molecule has 100 valence electrons. The quantitative estimate of drug-likeness (QED) is 0.945. The summed E-state index contributed by atoms with van der Waals surface area (Å²) in [6.45, 7) is 0.621. The van der Waals surface area contributed by atoms with Crippen molar-refractivity contribution in [1.82, 2.24) is 15.0 Å². The number of aromatic nitrogens is 3. The molecule has 4 nitrogen and oxygen atoms in total. The lowest BCUT2D eigenvalue weighted by molar-refractivity contribution is 0.0393. The Morgan fingerprint density at radius 1 is 1.32 bits per heavy atom. The van der Waals surface area contributed by atoms with Crippen LogP contribution in [-0.2, 0) is 12.1 Å². The summed E-state index contributed by atoms with van der Waals surface area (Å²) in [6.07, 6.45) is 5.42. The zero-order valence-corrected chi connectivity index (χ0v) is 12.2. The zero-order valence-electron chi connectivity index (χ0n) is 10.6. The van der Waals surface area contributed by atoms with E-state index in [0.29, 0.717) is 12.2 Å². The highest BCUT2D eigenvalue weighted by molar-refractivity contribution is 9.10. The van der Waals surface area contributed by atoms with E-state index in [1.54, 1.807) is 11.0 Å². The minimum Gasteiger partial charge on any atom is -0.383 e. The molecule has 2 aromatic rings. The molecule has 0 saturated heterocycles. The van der Waals surface area contributed by atoms with E-state index in [1.165, 1.54) is 0 Å². The number of rotatable bonds is 3. The summed E-state index contributed by atoms with van der Waals surface area (Å²) in [6, 6.07) is 8.08. The Morgan fingerprint density at radius 2 is 2.11 bits per heavy atom. The highest BCUT2D eigenvalue weighted by Gasteiger charge is 2.35. The summed E-state index contributed by atoms with van der Waals surface area (Å²) >= 11 is 3.45. The second-order valence-corrected chi connectivity index (χ2v) is 6.04. The molecule has 0 bridgehead atoms. The van der Waals surface area contributed by atoms with Crippen LogP contribution in [0.2, 0.25) is 0 Å². The van der Waals surface area contributed by atoms with Gasteiger partial charge in [-0.2, -0.15) is 15.0 Å². The molecule has 1 aromatic carbocycles. The molecule has 0 unspecified atom stereocenters. The summed E-state index contributed by atoms with van der Waals surface area (Å²) in [7, 11) is 0. The van der Waals surface area contributed by atoms with E-state index >= 15 is 0 Å². The van der Waals surface area contributed by atoms with Gasteiger partial charge < -0.3 is 5.11 Å². The maximum atomic E-state index is 10.5. The van der Waals surface area contributed by atoms with Crippen LogP contribution in [0.4, 0.5) is 0 Å². The van der Waals surface area contributed by atoms with Gasteiger partial charge in [-0.1, -0.05) is 40.9 Å². The molecule has 0 aliphatic heterocycles. The van der Waals surface area contributed by atoms with Crippen molar-refractivity contribution >= 4 is 15.9 Å². The number of aliphatic hydroxyl groups is 1. The molecule has 1 fully saturated rings. The van der Waals surface area contributed by atoms with Gasteiger partial charge in [0.1, 0.15) is 11.3 Å². The lowest BCUT2D eigenvalue weighted by Crippen LogP contribution is -2.22. The topological polar surface area (TPSA) is 50.9 Å². The number of hydrogen-bond donors (Lipinski definition) is 1. The minimum atomic E-state index is -0.754. The maximum Gasteiger partial charge on any atom is 0.114 e. The van der Waals surface area contributed by atoms with Gasteiger partial charge in [0, 0.05) is 4.47 Å². The predicted octanol–water partition coefficient (Wildman–Crippen LogP) is 2.85. The van der Waals surface area contributed by atoms with E-state index in [4.69, 9.17) is 0 Å². The number of hydrogen-bond acceptors (Lipinski definition) is 3. The van der Waals surface area contributed by atoms with Crippen molar-refractivity contribution in [2.24, 2.45) is 0 Å². The van der Waals surface area contributed by atoms with Crippen LogP contribution < -0.4 is 0 Å². The molecule has 1 N–H and O–H groups in total. The molecule has 1 aromatic heterocycles. The van der Waals surface area contributed by atoms with Gasteiger partial charge in [-0.3, -0.25) is 0 Å². The molecule has 1 aliphatic carbocycles. The third-order valence-electron chi connectivity index (χ3n) is 3.66. The molecular formula is C14H16BrN3O. The van der Waals surface area contributed by atoms with Crippen molar-refractivity contribution in [1.29, 1.82) is 0 Å². The van der Waals surface area contributed by atoms with Gasteiger partial charge in [-0.15, -0.1) is 0 Å². The summed E-state index contributed by atoms with van der Waals surface area (Å²) in [5.41, 5.74) is 1.09. The molecule has 0 spiro atoms. The molecule has 3 rings (SSSR count). The number of nitrogens with zero attached hydrogens (tertiary/aromatic N) is 3. The Labute approximate surface area is 120 Å². The predicted molar refractivity (Wildman–Crippen MR) is 75.6 cm³/mol. The Hall–Kier alpha value is -1.20. The van der Waals surface area contributed by atoms with Gasteiger partial charge in [-0.25, -0.2) is 0 Å². The third-order valence-corrected chi connectivity index (χ3v) is 4.15. The van der Waals surface area contributed by atoms with Crippen LogP contribution in [0.25, 0.3) is 0 Å². The van der Waals surface area contributed by atoms with Gasteiger partial charge in [0.25, 0.3) is 0 Å². The Morgan fingerprint density at radius 3 is 2.84 bits per heavy atom. The molecule has 1 heterocycles. The summed E-state index contributed by atoms with van der Waals surface area (Å²) in [5, 5.41) is 19.2. The number of benzene rings is 1. The first-order valence-electron chi connectivity index (χ1n) is 6.53. The molecule has 0 amide bonds. The monoisotopic (exact) mass is 321 g/mol. The van der Waals surface area contributed by atoms with Gasteiger partial charge >= 0.3 is 0 Å². The van der Waals surface area contributed by atoms with Crippen LogP contribution in [0.3, 0.4) is 0 Å². The lowest BCUT2D eigenvalue weighted by Gasteiger charge is -2.18. The summed E-state index contributed by atoms with van der Waals surface area (Å²) in [4.78, 5) is 1.65. The average Bonchev–Trinajstić information content (AvgIpc) is 2.99. The average molecular weight is 322 g/mol. The second-order valence-electron chi connectivity index (χ2n) is 5.13. The van der Waals surface area contributed by atoms with Gasteiger partial charge in [0.2, 0.25) is 0 Å².